The van der Waals surface area contributed by atoms with Crippen LogP contribution in [0.15, 0.2) is 28.8 Å². The molecular formula is C12H11NO5. The molecule has 0 saturated carbocycles. The van der Waals surface area contributed by atoms with Gasteiger partial charge in [-0.3, -0.25) is 0 Å². The van der Waals surface area contributed by atoms with E-state index in [1.54, 1.807) is 18.2 Å². The van der Waals surface area contributed by atoms with E-state index in [-0.39, 0.29) is 5.76 Å². The molecule has 2 rings (SSSR count). The maximum absolute atomic E-state index is 10.7. The van der Waals surface area contributed by atoms with Gasteiger partial charge in [-0.25, -0.2) is 4.79 Å². The molecule has 1 N–H and O–H groups in total. The lowest BCUT2D eigenvalue weighted by Crippen LogP contribution is -1.93. The number of nitrogens with zero attached hydrogens (tertiary/aromatic N) is 1. The minimum absolute atomic E-state index is 0.227. The molecule has 0 atom stereocenters. The molecule has 0 amide bonds. The Balaban J connectivity index is 2.52. The SMILES string of the molecule is COc1cccc(-c2cc(C(=O)O)on2)c1OC. The van der Waals surface area contributed by atoms with Gasteiger partial charge in [0.2, 0.25) is 5.76 Å². The first kappa shape index (κ1) is 12.0. The third kappa shape index (κ3) is 2.00. The van der Waals surface area contributed by atoms with E-state index in [4.69, 9.17) is 19.1 Å². The van der Waals surface area contributed by atoms with Crippen LogP contribution >= 0.6 is 0 Å². The standard InChI is InChI=1S/C12H11NO5/c1-16-9-5-3-4-7(11(9)17-2)8-6-10(12(14)15)18-13-8/h3-6H,1-2H3,(H,14,15). The highest BCUT2D eigenvalue weighted by Crippen LogP contribution is 2.37. The zero-order valence-electron chi connectivity index (χ0n) is 9.84. The average molecular weight is 249 g/mol. The topological polar surface area (TPSA) is 81.8 Å². The van der Waals surface area contributed by atoms with E-state index in [0.29, 0.717) is 22.8 Å². The molecule has 0 aliphatic carbocycles. The van der Waals surface area contributed by atoms with Crippen molar-refractivity contribution in [1.29, 1.82) is 0 Å². The van der Waals surface area contributed by atoms with Crippen LogP contribution in [0.2, 0.25) is 0 Å². The summed E-state index contributed by atoms with van der Waals surface area (Å²) in [4.78, 5) is 10.7. The van der Waals surface area contributed by atoms with Gasteiger partial charge in [-0.15, -0.1) is 0 Å². The molecule has 0 saturated heterocycles. The third-order valence-electron chi connectivity index (χ3n) is 2.40. The van der Waals surface area contributed by atoms with E-state index >= 15 is 0 Å². The van der Waals surface area contributed by atoms with Crippen molar-refractivity contribution in [3.8, 4) is 22.8 Å². The number of aromatic nitrogens is 1. The van der Waals surface area contributed by atoms with Gasteiger partial charge in [0.05, 0.1) is 14.2 Å². The monoisotopic (exact) mass is 249 g/mol. The largest absolute Gasteiger partial charge is 0.493 e. The third-order valence-corrected chi connectivity index (χ3v) is 2.40. The van der Waals surface area contributed by atoms with Crippen molar-refractivity contribution < 1.29 is 23.9 Å². The van der Waals surface area contributed by atoms with Crippen LogP contribution in [-0.2, 0) is 0 Å². The molecule has 0 unspecified atom stereocenters. The van der Waals surface area contributed by atoms with E-state index in [9.17, 15) is 4.79 Å². The number of aromatic carboxylic acids is 1. The summed E-state index contributed by atoms with van der Waals surface area (Å²) in [6.45, 7) is 0. The van der Waals surface area contributed by atoms with E-state index in [2.05, 4.69) is 5.16 Å². The highest BCUT2D eigenvalue weighted by molar-refractivity contribution is 5.86. The Morgan fingerprint density at radius 2 is 2.11 bits per heavy atom. The maximum Gasteiger partial charge on any atom is 0.374 e. The van der Waals surface area contributed by atoms with E-state index in [0.717, 1.165) is 0 Å². The van der Waals surface area contributed by atoms with Crippen LogP contribution in [0.3, 0.4) is 0 Å². The van der Waals surface area contributed by atoms with Crippen molar-refractivity contribution in [3.63, 3.8) is 0 Å². The molecule has 0 aliphatic heterocycles. The van der Waals surface area contributed by atoms with Crippen molar-refractivity contribution in [3.05, 3.63) is 30.0 Å². The highest BCUT2D eigenvalue weighted by Gasteiger charge is 2.17. The molecular weight excluding hydrogens is 238 g/mol. The van der Waals surface area contributed by atoms with Crippen molar-refractivity contribution in [2.45, 2.75) is 0 Å². The van der Waals surface area contributed by atoms with Gasteiger partial charge >= 0.3 is 5.97 Å². The van der Waals surface area contributed by atoms with Crippen LogP contribution < -0.4 is 9.47 Å². The number of para-hydroxylation sites is 1. The molecule has 1 aromatic heterocycles. The summed E-state index contributed by atoms with van der Waals surface area (Å²) < 4.78 is 15.1. The first-order chi connectivity index (χ1) is 8.67. The Morgan fingerprint density at radius 3 is 2.67 bits per heavy atom. The number of benzene rings is 1. The molecule has 0 bridgehead atoms. The van der Waals surface area contributed by atoms with E-state index in [1.165, 1.54) is 20.3 Å². The fraction of sp³-hybridized carbons (Fsp3) is 0.167. The first-order valence-electron chi connectivity index (χ1n) is 5.08. The van der Waals surface area contributed by atoms with Gasteiger partial charge in [0.15, 0.2) is 11.5 Å². The Hall–Kier alpha value is -2.50. The van der Waals surface area contributed by atoms with Crippen LogP contribution in [0.1, 0.15) is 10.6 Å². The lowest BCUT2D eigenvalue weighted by molar-refractivity contribution is 0.0652. The van der Waals surface area contributed by atoms with Gasteiger partial charge < -0.3 is 19.1 Å². The van der Waals surface area contributed by atoms with Crippen molar-refractivity contribution in [2.75, 3.05) is 14.2 Å². The number of carbonyl (C=O) groups is 1. The molecule has 1 aromatic carbocycles. The number of hydrogen-bond donors (Lipinski definition) is 1. The molecule has 0 fully saturated rings. The zero-order valence-corrected chi connectivity index (χ0v) is 9.84. The molecule has 0 aliphatic rings. The Morgan fingerprint density at radius 1 is 1.33 bits per heavy atom. The number of carboxylic acids is 1. The zero-order chi connectivity index (χ0) is 13.1. The van der Waals surface area contributed by atoms with Crippen LogP contribution in [0.5, 0.6) is 11.5 Å². The normalized spacial score (nSPS) is 10.1. The lowest BCUT2D eigenvalue weighted by Gasteiger charge is -2.10. The number of methoxy groups -OCH3 is 2. The second-order valence-electron chi connectivity index (χ2n) is 3.42. The second kappa shape index (κ2) is 4.79. The Labute approximate surface area is 103 Å². The van der Waals surface area contributed by atoms with Crippen LogP contribution in [0.25, 0.3) is 11.3 Å². The van der Waals surface area contributed by atoms with Gasteiger partial charge in [-0.1, -0.05) is 11.2 Å². The number of hydrogen-bond acceptors (Lipinski definition) is 5. The van der Waals surface area contributed by atoms with Crippen molar-refractivity contribution in [1.82, 2.24) is 5.16 Å². The summed E-state index contributed by atoms with van der Waals surface area (Å²) in [7, 11) is 3.02. The molecule has 2 aromatic rings. The molecule has 18 heavy (non-hydrogen) atoms. The number of ether oxygens (including phenoxy) is 2. The molecule has 0 radical (unpaired) electrons. The lowest BCUT2D eigenvalue weighted by atomic mass is 10.1. The summed E-state index contributed by atoms with van der Waals surface area (Å²) in [6.07, 6.45) is 0. The maximum atomic E-state index is 10.7. The summed E-state index contributed by atoms with van der Waals surface area (Å²) in [5.74, 6) is -0.384. The van der Waals surface area contributed by atoms with Gasteiger partial charge in [-0.05, 0) is 12.1 Å². The van der Waals surface area contributed by atoms with Crippen LogP contribution in [0.4, 0.5) is 0 Å². The predicted molar refractivity (Wildman–Crippen MR) is 62.0 cm³/mol. The van der Waals surface area contributed by atoms with Crippen molar-refractivity contribution >= 4 is 5.97 Å². The molecule has 6 heteroatoms. The quantitative estimate of drug-likeness (QED) is 0.893. The first-order valence-corrected chi connectivity index (χ1v) is 5.08. The second-order valence-corrected chi connectivity index (χ2v) is 3.42. The van der Waals surface area contributed by atoms with Gasteiger partial charge in [0, 0.05) is 11.6 Å². The van der Waals surface area contributed by atoms with Gasteiger partial charge in [-0.2, -0.15) is 0 Å². The highest BCUT2D eigenvalue weighted by atomic mass is 16.5. The summed E-state index contributed by atoms with van der Waals surface area (Å²) in [6, 6.07) is 6.57. The van der Waals surface area contributed by atoms with Gasteiger partial charge in [0.25, 0.3) is 0 Å². The van der Waals surface area contributed by atoms with Crippen molar-refractivity contribution in [2.24, 2.45) is 0 Å². The minimum Gasteiger partial charge on any atom is -0.493 e. The van der Waals surface area contributed by atoms with E-state index in [1.807, 2.05) is 0 Å². The average Bonchev–Trinajstić information content (AvgIpc) is 2.87. The fourth-order valence-corrected chi connectivity index (χ4v) is 1.59. The summed E-state index contributed by atoms with van der Waals surface area (Å²) in [5, 5.41) is 12.5. The van der Waals surface area contributed by atoms with E-state index < -0.39 is 5.97 Å². The Kier molecular flexibility index (Phi) is 3.18. The molecule has 1 heterocycles. The minimum atomic E-state index is -1.17. The van der Waals surface area contributed by atoms with Crippen LogP contribution in [0, 0.1) is 0 Å². The van der Waals surface area contributed by atoms with Crippen LogP contribution in [-0.4, -0.2) is 30.5 Å². The van der Waals surface area contributed by atoms with Gasteiger partial charge in [0.1, 0.15) is 5.69 Å². The predicted octanol–water partition coefficient (Wildman–Crippen LogP) is 2.06. The molecule has 94 valence electrons. The fourth-order valence-electron chi connectivity index (χ4n) is 1.59. The number of rotatable bonds is 4. The smallest absolute Gasteiger partial charge is 0.374 e. The molecule has 6 nitrogen and oxygen atoms in total. The molecule has 0 spiro atoms. The Bertz CT molecular complexity index is 576. The summed E-state index contributed by atoms with van der Waals surface area (Å²) >= 11 is 0. The number of carboxylic acid groups (broad SMARTS) is 1. The summed E-state index contributed by atoms with van der Waals surface area (Å²) in [5.41, 5.74) is 0.983.